The fraction of sp³-hybridized carbons (Fsp3) is 0.600. The Hall–Kier alpha value is -0.520. The lowest BCUT2D eigenvalue weighted by Crippen LogP contribution is -1.92. The first kappa shape index (κ1) is 7.59. The summed E-state index contributed by atoms with van der Waals surface area (Å²) in [6.07, 6.45) is 9.01. The molecule has 56 valence electrons. The number of hydrogen-bond donors (Lipinski definition) is 0. The Labute approximate surface area is 63.6 Å². The molecular weight excluding hydrogens is 120 g/mol. The molecule has 0 N–H and O–H groups in total. The van der Waals surface area contributed by atoms with E-state index in [1.807, 2.05) is 6.08 Å². The average molecular weight is 136 g/mol. The fourth-order valence-corrected chi connectivity index (χ4v) is 1.54. The van der Waals surface area contributed by atoms with Crippen LogP contribution in [0.4, 0.5) is 0 Å². The second kappa shape index (κ2) is 2.61. The fourth-order valence-electron chi connectivity index (χ4n) is 1.54. The lowest BCUT2D eigenvalue weighted by molar-refractivity contribution is 0.549. The number of allylic oxidation sites excluding steroid dienone is 3. The van der Waals surface area contributed by atoms with E-state index in [-0.39, 0.29) is 0 Å². The zero-order chi connectivity index (χ0) is 7.61. The Morgan fingerprint density at radius 2 is 2.40 bits per heavy atom. The van der Waals surface area contributed by atoms with Gasteiger partial charge in [-0.25, -0.2) is 0 Å². The van der Waals surface area contributed by atoms with E-state index in [9.17, 15) is 0 Å². The van der Waals surface area contributed by atoms with Gasteiger partial charge in [-0.15, -0.1) is 6.58 Å². The molecule has 1 saturated carbocycles. The topological polar surface area (TPSA) is 0 Å². The summed E-state index contributed by atoms with van der Waals surface area (Å²) < 4.78 is 0. The van der Waals surface area contributed by atoms with Crippen molar-refractivity contribution in [1.82, 2.24) is 0 Å². The van der Waals surface area contributed by atoms with Gasteiger partial charge in [-0.2, -0.15) is 0 Å². The molecule has 1 aliphatic rings. The highest BCUT2D eigenvalue weighted by atomic mass is 14.5. The van der Waals surface area contributed by atoms with Crippen LogP contribution >= 0.6 is 0 Å². The third-order valence-corrected chi connectivity index (χ3v) is 2.46. The molecule has 0 heterocycles. The van der Waals surface area contributed by atoms with Crippen molar-refractivity contribution in [2.24, 2.45) is 11.3 Å². The summed E-state index contributed by atoms with van der Waals surface area (Å²) in [7, 11) is 0. The van der Waals surface area contributed by atoms with Crippen LogP contribution in [0.15, 0.2) is 24.8 Å². The summed E-state index contributed by atoms with van der Waals surface area (Å²) in [4.78, 5) is 0. The third kappa shape index (κ3) is 1.31. The van der Waals surface area contributed by atoms with Gasteiger partial charge in [-0.05, 0) is 31.1 Å². The molecule has 2 unspecified atom stereocenters. The van der Waals surface area contributed by atoms with Crippen LogP contribution in [0, 0.1) is 11.3 Å². The maximum atomic E-state index is 3.76. The van der Waals surface area contributed by atoms with Crippen LogP contribution in [0.5, 0.6) is 0 Å². The molecule has 0 amide bonds. The van der Waals surface area contributed by atoms with E-state index in [2.05, 4.69) is 32.6 Å². The lowest BCUT2D eigenvalue weighted by atomic mass is 10.0. The lowest BCUT2D eigenvalue weighted by Gasteiger charge is -2.03. The van der Waals surface area contributed by atoms with Gasteiger partial charge in [0.05, 0.1) is 0 Å². The molecule has 0 aromatic heterocycles. The summed E-state index contributed by atoms with van der Waals surface area (Å²) in [5, 5.41) is 0. The first-order chi connectivity index (χ1) is 4.73. The predicted molar refractivity (Wildman–Crippen MR) is 45.8 cm³/mol. The highest BCUT2D eigenvalue weighted by molar-refractivity contribution is 5.10. The molecule has 1 aliphatic carbocycles. The summed E-state index contributed by atoms with van der Waals surface area (Å²) in [5.74, 6) is 0.829. The molecule has 0 heteroatoms. The smallest absolute Gasteiger partial charge is 0.0171 e. The van der Waals surface area contributed by atoms with Gasteiger partial charge in [0.15, 0.2) is 0 Å². The second-order valence-electron chi connectivity index (χ2n) is 3.48. The normalized spacial score (nSPS) is 38.4. The van der Waals surface area contributed by atoms with Crippen LogP contribution in [-0.4, -0.2) is 0 Å². The Kier molecular flexibility index (Phi) is 1.98. The van der Waals surface area contributed by atoms with Gasteiger partial charge in [0.1, 0.15) is 0 Å². The van der Waals surface area contributed by atoms with Crippen molar-refractivity contribution in [2.45, 2.75) is 26.7 Å². The quantitative estimate of drug-likeness (QED) is 0.523. The van der Waals surface area contributed by atoms with Crippen LogP contribution in [0.3, 0.4) is 0 Å². The highest BCUT2D eigenvalue weighted by Gasteiger charge is 2.46. The van der Waals surface area contributed by atoms with Gasteiger partial charge in [-0.1, -0.05) is 25.2 Å². The standard InChI is InChI=1S/C10H16/c1-4-6-9-8-10(9,3)7-5-2/h4-6,9H,2,7-8H2,1,3H3. The van der Waals surface area contributed by atoms with Crippen molar-refractivity contribution in [3.8, 4) is 0 Å². The van der Waals surface area contributed by atoms with Gasteiger partial charge in [0.2, 0.25) is 0 Å². The van der Waals surface area contributed by atoms with E-state index in [1.165, 1.54) is 12.8 Å². The molecule has 10 heavy (non-hydrogen) atoms. The van der Waals surface area contributed by atoms with Crippen molar-refractivity contribution >= 4 is 0 Å². The summed E-state index contributed by atoms with van der Waals surface area (Å²) in [6, 6.07) is 0. The van der Waals surface area contributed by atoms with Crippen molar-refractivity contribution in [2.75, 3.05) is 0 Å². The van der Waals surface area contributed by atoms with Gasteiger partial charge in [-0.3, -0.25) is 0 Å². The van der Waals surface area contributed by atoms with Crippen molar-refractivity contribution in [1.29, 1.82) is 0 Å². The van der Waals surface area contributed by atoms with Crippen LogP contribution in [-0.2, 0) is 0 Å². The van der Waals surface area contributed by atoms with Gasteiger partial charge < -0.3 is 0 Å². The SMILES string of the molecule is C=CCC1(C)CC1C=CC. The molecule has 0 saturated heterocycles. The molecule has 0 nitrogen and oxygen atoms in total. The van der Waals surface area contributed by atoms with Crippen LogP contribution in [0.1, 0.15) is 26.7 Å². The minimum atomic E-state index is 0.564. The predicted octanol–water partition coefficient (Wildman–Crippen LogP) is 3.16. The van der Waals surface area contributed by atoms with E-state index >= 15 is 0 Å². The average Bonchev–Trinajstić information content (AvgIpc) is 2.44. The Bertz CT molecular complexity index is 155. The maximum Gasteiger partial charge on any atom is -0.0171 e. The highest BCUT2D eigenvalue weighted by Crippen LogP contribution is 2.55. The van der Waals surface area contributed by atoms with Gasteiger partial charge in [0.25, 0.3) is 0 Å². The Morgan fingerprint density at radius 3 is 2.90 bits per heavy atom. The molecule has 0 aromatic rings. The number of hydrogen-bond acceptors (Lipinski definition) is 0. The molecule has 0 bridgehead atoms. The van der Waals surface area contributed by atoms with Gasteiger partial charge in [0, 0.05) is 0 Å². The largest absolute Gasteiger partial charge is 0.103 e. The first-order valence-corrected chi connectivity index (χ1v) is 3.96. The van der Waals surface area contributed by atoms with E-state index in [0.717, 1.165) is 5.92 Å². The van der Waals surface area contributed by atoms with E-state index in [1.54, 1.807) is 0 Å². The molecule has 0 radical (unpaired) electrons. The summed E-state index contributed by atoms with van der Waals surface area (Å²) >= 11 is 0. The molecule has 1 rings (SSSR count). The Morgan fingerprint density at radius 1 is 1.70 bits per heavy atom. The van der Waals surface area contributed by atoms with Crippen molar-refractivity contribution < 1.29 is 0 Å². The van der Waals surface area contributed by atoms with Crippen LogP contribution in [0.2, 0.25) is 0 Å². The monoisotopic (exact) mass is 136 g/mol. The molecular formula is C10H16. The molecule has 2 atom stereocenters. The minimum absolute atomic E-state index is 0.564. The van der Waals surface area contributed by atoms with Gasteiger partial charge >= 0.3 is 0 Å². The van der Waals surface area contributed by atoms with Crippen LogP contribution < -0.4 is 0 Å². The summed E-state index contributed by atoms with van der Waals surface area (Å²) in [6.45, 7) is 8.18. The van der Waals surface area contributed by atoms with E-state index in [4.69, 9.17) is 0 Å². The van der Waals surface area contributed by atoms with Crippen molar-refractivity contribution in [3.63, 3.8) is 0 Å². The molecule has 0 aliphatic heterocycles. The zero-order valence-electron chi connectivity index (χ0n) is 6.93. The first-order valence-electron chi connectivity index (χ1n) is 3.96. The second-order valence-corrected chi connectivity index (χ2v) is 3.48. The molecule has 0 spiro atoms. The molecule has 1 fully saturated rings. The van der Waals surface area contributed by atoms with E-state index in [0.29, 0.717) is 5.41 Å². The molecule has 0 aromatic carbocycles. The van der Waals surface area contributed by atoms with Crippen molar-refractivity contribution in [3.05, 3.63) is 24.8 Å². The zero-order valence-corrected chi connectivity index (χ0v) is 6.93. The van der Waals surface area contributed by atoms with E-state index < -0.39 is 0 Å². The van der Waals surface area contributed by atoms with Crippen LogP contribution in [0.25, 0.3) is 0 Å². The minimum Gasteiger partial charge on any atom is -0.103 e. The third-order valence-electron chi connectivity index (χ3n) is 2.46. The maximum absolute atomic E-state index is 3.76. The summed E-state index contributed by atoms with van der Waals surface area (Å²) in [5.41, 5.74) is 0.564. The Balaban J connectivity index is 2.39. The number of rotatable bonds is 3.